The zero-order valence-corrected chi connectivity index (χ0v) is 12.6. The first-order valence-electron chi connectivity index (χ1n) is 5.87. The third-order valence-electron chi connectivity index (χ3n) is 2.78. The van der Waals surface area contributed by atoms with E-state index in [1.54, 1.807) is 18.2 Å². The lowest BCUT2D eigenvalue weighted by Gasteiger charge is -2.20. The molecule has 0 spiro atoms. The second-order valence-electron chi connectivity index (χ2n) is 4.26. The van der Waals surface area contributed by atoms with Crippen molar-refractivity contribution in [2.24, 2.45) is 5.73 Å². The summed E-state index contributed by atoms with van der Waals surface area (Å²) in [5, 5.41) is 4.53. The van der Waals surface area contributed by atoms with Gasteiger partial charge in [0, 0.05) is 16.6 Å². The van der Waals surface area contributed by atoms with E-state index in [1.807, 2.05) is 0 Å². The number of halogens is 4. The van der Waals surface area contributed by atoms with Gasteiger partial charge in [-0.2, -0.15) is 0 Å². The van der Waals surface area contributed by atoms with Crippen LogP contribution < -0.4 is 11.1 Å². The molecule has 1 unspecified atom stereocenters. The van der Waals surface area contributed by atoms with Crippen molar-refractivity contribution >= 4 is 40.5 Å². The lowest BCUT2D eigenvalue weighted by atomic mass is 10.1. The molecule has 0 heterocycles. The van der Waals surface area contributed by atoms with Gasteiger partial charge in [-0.15, -0.1) is 0 Å². The zero-order chi connectivity index (χ0) is 14.7. The van der Waals surface area contributed by atoms with Gasteiger partial charge in [-0.1, -0.05) is 34.8 Å². The molecular weight excluding hydrogens is 322 g/mol. The highest BCUT2D eigenvalue weighted by Gasteiger charge is 2.13. The lowest BCUT2D eigenvalue weighted by molar-refractivity contribution is 0.627. The van der Waals surface area contributed by atoms with Crippen LogP contribution >= 0.6 is 34.8 Å². The van der Waals surface area contributed by atoms with Crippen LogP contribution in [0.25, 0.3) is 0 Å². The summed E-state index contributed by atoms with van der Waals surface area (Å²) in [5.41, 5.74) is 7.04. The van der Waals surface area contributed by atoms with E-state index in [-0.39, 0.29) is 18.4 Å². The summed E-state index contributed by atoms with van der Waals surface area (Å²) in [6, 6.07) is 8.97. The summed E-state index contributed by atoms with van der Waals surface area (Å²) in [5.74, 6) is -0.378. The van der Waals surface area contributed by atoms with E-state index in [0.29, 0.717) is 20.8 Å². The topological polar surface area (TPSA) is 38.0 Å². The molecule has 2 aromatic rings. The van der Waals surface area contributed by atoms with E-state index < -0.39 is 0 Å². The van der Waals surface area contributed by atoms with Crippen molar-refractivity contribution < 1.29 is 4.39 Å². The van der Waals surface area contributed by atoms with Crippen molar-refractivity contribution in [2.45, 2.75) is 6.04 Å². The van der Waals surface area contributed by atoms with Crippen molar-refractivity contribution in [2.75, 3.05) is 11.9 Å². The Bertz CT molecular complexity index is 599. The quantitative estimate of drug-likeness (QED) is 0.835. The highest BCUT2D eigenvalue weighted by molar-refractivity contribution is 6.34. The summed E-state index contributed by atoms with van der Waals surface area (Å²) >= 11 is 18.0. The Labute approximate surface area is 131 Å². The molecule has 0 saturated heterocycles. The maximum atomic E-state index is 13.3. The second-order valence-corrected chi connectivity index (χ2v) is 5.54. The van der Waals surface area contributed by atoms with Gasteiger partial charge >= 0.3 is 0 Å². The molecule has 0 bridgehead atoms. The molecule has 3 N–H and O–H groups in total. The van der Waals surface area contributed by atoms with Gasteiger partial charge in [0.1, 0.15) is 5.82 Å². The molecule has 0 aliphatic rings. The van der Waals surface area contributed by atoms with Crippen LogP contribution in [0, 0.1) is 5.82 Å². The summed E-state index contributed by atoms with van der Waals surface area (Å²) in [6.07, 6.45) is 0. The Morgan fingerprint density at radius 3 is 2.30 bits per heavy atom. The first-order valence-corrected chi connectivity index (χ1v) is 7.00. The normalized spacial score (nSPS) is 12.2. The van der Waals surface area contributed by atoms with E-state index in [1.165, 1.54) is 18.2 Å². The minimum atomic E-state index is -0.378. The monoisotopic (exact) mass is 332 g/mol. The molecule has 6 heteroatoms. The van der Waals surface area contributed by atoms with Crippen LogP contribution in [0.5, 0.6) is 0 Å². The third-order valence-corrected chi connectivity index (χ3v) is 3.55. The fourth-order valence-electron chi connectivity index (χ4n) is 1.85. The molecular formula is C14H12Cl3FN2. The molecule has 1 atom stereocenters. The largest absolute Gasteiger partial charge is 0.376 e. The number of nitrogens with one attached hydrogen (secondary N) is 1. The van der Waals surface area contributed by atoms with Gasteiger partial charge in [0.2, 0.25) is 0 Å². The number of nitrogens with two attached hydrogens (primary N) is 1. The van der Waals surface area contributed by atoms with Crippen LogP contribution in [0.4, 0.5) is 10.1 Å². The van der Waals surface area contributed by atoms with Crippen molar-refractivity contribution in [3.8, 4) is 0 Å². The number of hydrogen-bond acceptors (Lipinski definition) is 2. The minimum absolute atomic E-state index is 0.273. The average molecular weight is 334 g/mol. The van der Waals surface area contributed by atoms with Gasteiger partial charge in [-0.3, -0.25) is 0 Å². The first kappa shape index (κ1) is 15.4. The molecule has 0 amide bonds. The number of hydrogen-bond donors (Lipinski definition) is 2. The molecule has 0 aliphatic heterocycles. The highest BCUT2D eigenvalue weighted by atomic mass is 35.5. The van der Waals surface area contributed by atoms with Crippen LogP contribution in [0.15, 0.2) is 36.4 Å². The van der Waals surface area contributed by atoms with Crippen LogP contribution in [0.2, 0.25) is 15.1 Å². The number of benzene rings is 2. The highest BCUT2D eigenvalue weighted by Crippen LogP contribution is 2.29. The average Bonchev–Trinajstić information content (AvgIpc) is 2.38. The van der Waals surface area contributed by atoms with Gasteiger partial charge < -0.3 is 11.1 Å². The lowest BCUT2D eigenvalue weighted by Crippen LogP contribution is -2.20. The van der Waals surface area contributed by atoms with E-state index in [4.69, 9.17) is 40.5 Å². The van der Waals surface area contributed by atoms with E-state index >= 15 is 0 Å². The van der Waals surface area contributed by atoms with Crippen LogP contribution in [-0.4, -0.2) is 6.54 Å². The predicted octanol–water partition coefficient (Wildman–Crippen LogP) is 4.90. The van der Waals surface area contributed by atoms with Crippen molar-refractivity contribution in [3.63, 3.8) is 0 Å². The van der Waals surface area contributed by atoms with Crippen LogP contribution in [-0.2, 0) is 0 Å². The van der Waals surface area contributed by atoms with Gasteiger partial charge in [0.15, 0.2) is 0 Å². The van der Waals surface area contributed by atoms with Crippen LogP contribution in [0.3, 0.4) is 0 Å². The van der Waals surface area contributed by atoms with Crippen LogP contribution in [0.1, 0.15) is 11.6 Å². The predicted molar refractivity (Wildman–Crippen MR) is 83.3 cm³/mol. The summed E-state index contributed by atoms with van der Waals surface area (Å²) in [7, 11) is 0. The third kappa shape index (κ3) is 3.76. The van der Waals surface area contributed by atoms with Gasteiger partial charge in [0.25, 0.3) is 0 Å². The SMILES string of the molecule is NCC(Nc1cc(F)ccc1Cl)c1cc(Cl)cc(Cl)c1. The summed E-state index contributed by atoms with van der Waals surface area (Å²) in [6.45, 7) is 0.281. The van der Waals surface area contributed by atoms with Gasteiger partial charge in [-0.05, 0) is 42.0 Å². The first-order chi connectivity index (χ1) is 9.49. The molecule has 0 fully saturated rings. The standard InChI is InChI=1S/C14H12Cl3FN2/c15-9-3-8(4-10(16)5-9)14(7-19)20-13-6-11(18)1-2-12(13)17/h1-6,14,20H,7,19H2. The second kappa shape index (κ2) is 6.64. The molecule has 20 heavy (non-hydrogen) atoms. The Morgan fingerprint density at radius 1 is 1.05 bits per heavy atom. The Kier molecular flexibility index (Phi) is 5.11. The molecule has 0 aliphatic carbocycles. The van der Waals surface area contributed by atoms with Gasteiger partial charge in [-0.25, -0.2) is 4.39 Å². The molecule has 2 aromatic carbocycles. The van der Waals surface area contributed by atoms with E-state index in [2.05, 4.69) is 5.32 Å². The maximum Gasteiger partial charge on any atom is 0.125 e. The zero-order valence-electron chi connectivity index (χ0n) is 10.3. The Morgan fingerprint density at radius 2 is 1.70 bits per heavy atom. The number of anilines is 1. The Balaban J connectivity index is 2.30. The van der Waals surface area contributed by atoms with E-state index in [9.17, 15) is 4.39 Å². The molecule has 0 aromatic heterocycles. The Hall–Kier alpha value is -1.000. The van der Waals surface area contributed by atoms with Crippen molar-refractivity contribution in [1.29, 1.82) is 0 Å². The van der Waals surface area contributed by atoms with Gasteiger partial charge in [0.05, 0.1) is 16.8 Å². The van der Waals surface area contributed by atoms with Crippen molar-refractivity contribution in [1.82, 2.24) is 0 Å². The fraction of sp³-hybridized carbons (Fsp3) is 0.143. The van der Waals surface area contributed by atoms with E-state index in [0.717, 1.165) is 5.56 Å². The fourth-order valence-corrected chi connectivity index (χ4v) is 2.57. The molecule has 2 nitrogen and oxygen atoms in total. The molecule has 106 valence electrons. The number of rotatable bonds is 4. The minimum Gasteiger partial charge on any atom is -0.376 e. The molecule has 2 rings (SSSR count). The molecule has 0 saturated carbocycles. The summed E-state index contributed by atoms with van der Waals surface area (Å²) < 4.78 is 13.3. The summed E-state index contributed by atoms with van der Waals surface area (Å²) in [4.78, 5) is 0. The van der Waals surface area contributed by atoms with Crippen molar-refractivity contribution in [3.05, 3.63) is 62.8 Å². The smallest absolute Gasteiger partial charge is 0.125 e. The molecule has 0 radical (unpaired) electrons. The maximum absolute atomic E-state index is 13.3.